The van der Waals surface area contributed by atoms with Gasteiger partial charge in [0.05, 0.1) is 5.02 Å². The van der Waals surface area contributed by atoms with Gasteiger partial charge >= 0.3 is 0 Å². The predicted molar refractivity (Wildman–Crippen MR) is 167 cm³/mol. The number of nitrogens with zero attached hydrogens (tertiary/aromatic N) is 3. The van der Waals surface area contributed by atoms with E-state index in [2.05, 4.69) is 39.5 Å². The number of carbonyl (C=O) groups excluding carboxylic acids is 2. The highest BCUT2D eigenvalue weighted by atomic mass is 35.5. The van der Waals surface area contributed by atoms with Crippen LogP contribution in [0.25, 0.3) is 11.0 Å². The van der Waals surface area contributed by atoms with Gasteiger partial charge in [0.15, 0.2) is 0 Å². The second-order valence-electron chi connectivity index (χ2n) is 10.9. The molecule has 4 rings (SSSR count). The summed E-state index contributed by atoms with van der Waals surface area (Å²) in [7, 11) is 7.55. The molecule has 2 aromatic heterocycles. The van der Waals surface area contributed by atoms with Crippen LogP contribution in [0.1, 0.15) is 49.1 Å². The summed E-state index contributed by atoms with van der Waals surface area (Å²) in [5.41, 5.74) is 1.84. The Morgan fingerprint density at radius 3 is 2.29 bits per heavy atom. The molecule has 0 spiro atoms. The van der Waals surface area contributed by atoms with Crippen molar-refractivity contribution in [2.24, 2.45) is 5.92 Å². The third kappa shape index (κ3) is 8.22. The van der Waals surface area contributed by atoms with E-state index in [9.17, 15) is 9.59 Å². The fourth-order valence-electron chi connectivity index (χ4n) is 5.44. The maximum atomic E-state index is 13.6. The molecule has 1 fully saturated rings. The van der Waals surface area contributed by atoms with Crippen LogP contribution in [0.4, 0.5) is 17.2 Å². The number of benzene rings is 1. The number of hydrogen-bond acceptors (Lipinski definition) is 8. The van der Waals surface area contributed by atoms with E-state index in [0.29, 0.717) is 46.8 Å². The average molecular weight is 600 g/mol. The molecule has 0 bridgehead atoms. The van der Waals surface area contributed by atoms with Gasteiger partial charge in [0.1, 0.15) is 17.1 Å². The maximum Gasteiger partial charge on any atom is 0.294 e. The number of hydrogen-bond donors (Lipinski definition) is 2. The number of carbonyl (C=O) groups is 2. The lowest BCUT2D eigenvalue weighted by Gasteiger charge is -2.32. The highest BCUT2D eigenvalue weighted by Gasteiger charge is 2.30. The lowest BCUT2D eigenvalue weighted by atomic mass is 9.85. The van der Waals surface area contributed by atoms with Gasteiger partial charge in [-0.2, -0.15) is 0 Å². The highest BCUT2D eigenvalue weighted by Crippen LogP contribution is 2.36. The van der Waals surface area contributed by atoms with Gasteiger partial charge in [-0.25, -0.2) is 4.98 Å². The minimum Gasteiger partial charge on any atom is -0.449 e. The van der Waals surface area contributed by atoms with Gasteiger partial charge in [-0.05, 0) is 83.0 Å². The number of furan rings is 1. The highest BCUT2D eigenvalue weighted by molar-refractivity contribution is 6.30. The number of nitrogens with one attached hydrogen (secondary N) is 2. The van der Waals surface area contributed by atoms with Crippen molar-refractivity contribution in [2.75, 3.05) is 70.2 Å². The first-order valence-electron chi connectivity index (χ1n) is 14.5. The Morgan fingerprint density at radius 1 is 1.00 bits per heavy atom. The molecule has 228 valence electrons. The monoisotopic (exact) mass is 599 g/mol. The Labute approximate surface area is 252 Å². The van der Waals surface area contributed by atoms with Gasteiger partial charge in [-0.1, -0.05) is 11.6 Å². The van der Waals surface area contributed by atoms with Crippen molar-refractivity contribution in [2.45, 2.75) is 44.6 Å². The van der Waals surface area contributed by atoms with Gasteiger partial charge in [0, 0.05) is 69.8 Å². The molecular weight excluding hydrogens is 558 g/mol. The van der Waals surface area contributed by atoms with E-state index in [1.54, 1.807) is 26.4 Å². The van der Waals surface area contributed by atoms with Crippen LogP contribution in [0.3, 0.4) is 0 Å². The lowest BCUT2D eigenvalue weighted by Crippen LogP contribution is -2.35. The number of pyridine rings is 1. The number of anilines is 3. The zero-order valence-electron chi connectivity index (χ0n) is 25.0. The van der Waals surface area contributed by atoms with Gasteiger partial charge in [0.2, 0.25) is 11.7 Å². The van der Waals surface area contributed by atoms with E-state index in [1.807, 2.05) is 18.2 Å². The quantitative estimate of drug-likeness (QED) is 0.228. The molecule has 3 aromatic rings. The molecule has 0 radical (unpaired) electrons. The minimum atomic E-state index is -0.508. The third-order valence-electron chi connectivity index (χ3n) is 7.81. The van der Waals surface area contributed by atoms with Crippen LogP contribution in [0.15, 0.2) is 40.9 Å². The molecular formula is C31H42ClN5O5. The lowest BCUT2D eigenvalue weighted by molar-refractivity contribution is -0.121. The fraction of sp³-hybridized carbons (Fsp3) is 0.516. The van der Waals surface area contributed by atoms with Crippen LogP contribution in [0.5, 0.6) is 0 Å². The summed E-state index contributed by atoms with van der Waals surface area (Å²) >= 11 is 5.96. The SMILES string of the molecule is COCCCN(CCCOC)c1ccc2oc(C(=O)Nc3ccc(Cl)cn3)c(NC(=O)C3CCC(N(C)C)CC3)c2c1. The van der Waals surface area contributed by atoms with Gasteiger partial charge in [-0.3, -0.25) is 9.59 Å². The van der Waals surface area contributed by atoms with Crippen molar-refractivity contribution < 1.29 is 23.5 Å². The first kappa shape index (κ1) is 31.7. The summed E-state index contributed by atoms with van der Waals surface area (Å²) in [5, 5.41) is 6.98. The maximum absolute atomic E-state index is 13.6. The minimum absolute atomic E-state index is 0.0274. The van der Waals surface area contributed by atoms with Crippen molar-refractivity contribution in [3.63, 3.8) is 0 Å². The summed E-state index contributed by atoms with van der Waals surface area (Å²) in [6.07, 6.45) is 6.65. The molecule has 0 saturated heterocycles. The summed E-state index contributed by atoms with van der Waals surface area (Å²) in [4.78, 5) is 35.7. The predicted octanol–water partition coefficient (Wildman–Crippen LogP) is 5.67. The third-order valence-corrected chi connectivity index (χ3v) is 8.03. The van der Waals surface area contributed by atoms with E-state index in [0.717, 1.165) is 57.3 Å². The standard InChI is InChI=1S/C31H42ClN5O5/c1-36(2)23-10-7-21(8-11-23)30(38)35-28-25-19-24(37(15-5-17-40-3)16-6-18-41-4)12-13-26(25)42-29(28)31(39)34-27-14-9-22(32)20-33-27/h9,12-14,19-21,23H,5-8,10-11,15-18H2,1-4H3,(H,35,38)(H,33,34,39). The number of aromatic nitrogens is 1. The zero-order chi connectivity index (χ0) is 30.1. The van der Waals surface area contributed by atoms with E-state index in [1.165, 1.54) is 6.20 Å². The Balaban J connectivity index is 1.66. The topological polar surface area (TPSA) is 109 Å². The molecule has 42 heavy (non-hydrogen) atoms. The Bertz CT molecular complexity index is 1310. The Kier molecular flexibility index (Phi) is 11.6. The molecule has 1 aromatic carbocycles. The summed E-state index contributed by atoms with van der Waals surface area (Å²) in [6, 6.07) is 9.53. The number of fused-ring (bicyclic) bond motifs is 1. The molecule has 1 aliphatic rings. The Hall–Kier alpha value is -3.18. The average Bonchev–Trinajstić information content (AvgIpc) is 3.35. The van der Waals surface area contributed by atoms with Crippen molar-refractivity contribution in [3.8, 4) is 0 Å². The second-order valence-corrected chi connectivity index (χ2v) is 11.4. The largest absolute Gasteiger partial charge is 0.449 e. The van der Waals surface area contributed by atoms with Crippen molar-refractivity contribution in [3.05, 3.63) is 47.3 Å². The number of ether oxygens (including phenoxy) is 2. The fourth-order valence-corrected chi connectivity index (χ4v) is 5.55. The number of rotatable bonds is 14. The summed E-state index contributed by atoms with van der Waals surface area (Å²) < 4.78 is 16.6. The van der Waals surface area contributed by atoms with Gasteiger partial charge < -0.3 is 34.3 Å². The first-order valence-corrected chi connectivity index (χ1v) is 14.9. The molecule has 1 saturated carbocycles. The van der Waals surface area contributed by atoms with Crippen LogP contribution in [-0.2, 0) is 14.3 Å². The number of methoxy groups -OCH3 is 2. The van der Waals surface area contributed by atoms with E-state index in [4.69, 9.17) is 25.5 Å². The number of halogens is 1. The zero-order valence-corrected chi connectivity index (χ0v) is 25.7. The molecule has 0 aliphatic heterocycles. The molecule has 0 atom stereocenters. The van der Waals surface area contributed by atoms with Crippen molar-refractivity contribution in [1.29, 1.82) is 0 Å². The molecule has 2 heterocycles. The number of amides is 2. The Morgan fingerprint density at radius 2 is 1.69 bits per heavy atom. The van der Waals surface area contributed by atoms with E-state index in [-0.39, 0.29) is 17.6 Å². The van der Waals surface area contributed by atoms with Crippen molar-refractivity contribution >= 4 is 51.6 Å². The van der Waals surface area contributed by atoms with Gasteiger partial charge in [0.25, 0.3) is 5.91 Å². The molecule has 2 N–H and O–H groups in total. The normalized spacial score (nSPS) is 17.0. The van der Waals surface area contributed by atoms with Gasteiger partial charge in [-0.15, -0.1) is 0 Å². The van der Waals surface area contributed by atoms with E-state index < -0.39 is 5.91 Å². The molecule has 0 unspecified atom stereocenters. The van der Waals surface area contributed by atoms with Crippen LogP contribution >= 0.6 is 11.6 Å². The summed E-state index contributed by atoms with van der Waals surface area (Å²) in [5.74, 6) is -0.392. The van der Waals surface area contributed by atoms with Crippen molar-refractivity contribution in [1.82, 2.24) is 9.88 Å². The van der Waals surface area contributed by atoms with Crippen LogP contribution < -0.4 is 15.5 Å². The first-order chi connectivity index (χ1) is 20.3. The molecule has 2 amide bonds. The van der Waals surface area contributed by atoms with Crippen LogP contribution in [-0.4, -0.2) is 82.4 Å². The smallest absolute Gasteiger partial charge is 0.294 e. The van der Waals surface area contributed by atoms with E-state index >= 15 is 0 Å². The molecule has 1 aliphatic carbocycles. The summed E-state index contributed by atoms with van der Waals surface area (Å²) in [6.45, 7) is 2.87. The molecule has 11 heteroatoms. The van der Waals surface area contributed by atoms with Crippen LogP contribution in [0.2, 0.25) is 5.02 Å². The van der Waals surface area contributed by atoms with Crippen LogP contribution in [0, 0.1) is 5.92 Å². The second kappa shape index (κ2) is 15.3. The molecule has 10 nitrogen and oxygen atoms in total.